The van der Waals surface area contributed by atoms with Crippen molar-refractivity contribution in [1.82, 2.24) is 5.32 Å². The number of ether oxygens (including phenoxy) is 1. The Hall–Kier alpha value is -3.71. The minimum absolute atomic E-state index is 0.131. The van der Waals surface area contributed by atoms with Crippen LogP contribution in [0.15, 0.2) is 89.4 Å². The third-order valence-electron chi connectivity index (χ3n) is 5.70. The molecule has 4 aromatic rings. The lowest BCUT2D eigenvalue weighted by Crippen LogP contribution is -2.42. The number of fused-ring (bicyclic) bond motifs is 1. The largest absolute Gasteiger partial charge is 0.485 e. The van der Waals surface area contributed by atoms with E-state index in [1.54, 1.807) is 24.3 Å². The molecule has 0 saturated heterocycles. The van der Waals surface area contributed by atoms with Crippen molar-refractivity contribution in [1.29, 1.82) is 0 Å². The minimum atomic E-state index is -1.14. The van der Waals surface area contributed by atoms with E-state index >= 15 is 0 Å². The van der Waals surface area contributed by atoms with Crippen molar-refractivity contribution in [2.45, 2.75) is 25.5 Å². The molecule has 2 atom stereocenters. The van der Waals surface area contributed by atoms with E-state index in [0.29, 0.717) is 10.8 Å². The van der Waals surface area contributed by atoms with Crippen LogP contribution in [0.4, 0.5) is 4.39 Å². The number of hydrogen-bond acceptors (Lipinski definition) is 3. The molecule has 4 aromatic carbocycles. The fourth-order valence-electron chi connectivity index (χ4n) is 3.84. The Kier molecular flexibility index (Phi) is 7.46. The van der Waals surface area contributed by atoms with Crippen LogP contribution in [0.5, 0.6) is 5.75 Å². The molecule has 0 radical (unpaired) electrons. The normalized spacial score (nSPS) is 12.7. The second-order valence-electron chi connectivity index (χ2n) is 8.17. The second-order valence-corrected chi connectivity index (χ2v) is 9.09. The van der Waals surface area contributed by atoms with Gasteiger partial charge in [0.15, 0.2) is 0 Å². The van der Waals surface area contributed by atoms with Gasteiger partial charge in [0.1, 0.15) is 23.7 Å². The summed E-state index contributed by atoms with van der Waals surface area (Å²) < 4.78 is 21.1. The predicted octanol–water partition coefficient (Wildman–Crippen LogP) is 6.31. The summed E-state index contributed by atoms with van der Waals surface area (Å²) in [6.07, 6.45) is -0.295. The molecule has 0 fully saturated rings. The Balaban J connectivity index is 1.68. The topological polar surface area (TPSA) is 75.6 Å². The van der Waals surface area contributed by atoms with E-state index in [-0.39, 0.29) is 17.7 Å². The summed E-state index contributed by atoms with van der Waals surface area (Å²) in [6, 6.07) is 22.9. The summed E-state index contributed by atoms with van der Waals surface area (Å²) in [4.78, 5) is 25.2. The van der Waals surface area contributed by atoms with Gasteiger partial charge in [0.05, 0.1) is 5.56 Å². The zero-order valence-electron chi connectivity index (χ0n) is 18.9. The van der Waals surface area contributed by atoms with Crippen molar-refractivity contribution in [2.75, 3.05) is 0 Å². The van der Waals surface area contributed by atoms with E-state index in [4.69, 9.17) is 4.74 Å². The number of benzene rings is 4. The lowest BCUT2D eigenvalue weighted by atomic mass is 10.0. The quantitative estimate of drug-likeness (QED) is 0.277. The van der Waals surface area contributed by atoms with Crippen molar-refractivity contribution >= 4 is 38.6 Å². The van der Waals surface area contributed by atoms with Crippen LogP contribution in [-0.4, -0.2) is 23.0 Å². The monoisotopic (exact) mass is 535 g/mol. The lowest BCUT2D eigenvalue weighted by Gasteiger charge is -2.21. The summed E-state index contributed by atoms with van der Waals surface area (Å²) in [6.45, 7) is 1.85. The van der Waals surface area contributed by atoms with Crippen LogP contribution in [0.2, 0.25) is 0 Å². The number of amides is 1. The Labute approximate surface area is 210 Å². The summed E-state index contributed by atoms with van der Waals surface area (Å²) in [5, 5.41) is 13.5. The van der Waals surface area contributed by atoms with Crippen molar-refractivity contribution < 1.29 is 23.8 Å². The van der Waals surface area contributed by atoms with E-state index in [1.807, 2.05) is 49.4 Å². The Morgan fingerprint density at radius 2 is 1.71 bits per heavy atom. The number of carbonyl (C=O) groups excluding carboxylic acids is 1. The maximum absolute atomic E-state index is 13.9. The smallest absolute Gasteiger partial charge is 0.326 e. The molecule has 1 unspecified atom stereocenters. The van der Waals surface area contributed by atoms with Crippen molar-refractivity contribution in [3.05, 3.63) is 112 Å². The number of rotatable bonds is 8. The van der Waals surface area contributed by atoms with Crippen LogP contribution in [-0.2, 0) is 11.2 Å². The molecule has 0 spiro atoms. The van der Waals surface area contributed by atoms with Crippen molar-refractivity contribution in [3.8, 4) is 5.75 Å². The first-order valence-corrected chi connectivity index (χ1v) is 11.8. The number of carboxylic acids is 1. The molecule has 5 nitrogen and oxygen atoms in total. The van der Waals surface area contributed by atoms with Gasteiger partial charge in [-0.3, -0.25) is 4.79 Å². The third-order valence-corrected chi connectivity index (χ3v) is 6.23. The van der Waals surface area contributed by atoms with Gasteiger partial charge in [0, 0.05) is 16.3 Å². The summed E-state index contributed by atoms with van der Waals surface area (Å²) in [7, 11) is 0. The van der Waals surface area contributed by atoms with Crippen LogP contribution in [0, 0.1) is 5.82 Å². The number of carbonyl (C=O) groups is 2. The van der Waals surface area contributed by atoms with Crippen LogP contribution in [0.3, 0.4) is 0 Å². The first-order chi connectivity index (χ1) is 16.8. The SMILES string of the molecule is CC(Oc1c(C(=O)N[C@@H](Cc2ccccc2)C(=O)O)ccc2cc(F)ccc12)c1ccc(Br)cc1. The molecule has 0 aromatic heterocycles. The number of aliphatic carboxylic acids is 1. The molecule has 4 rings (SSSR count). The molecule has 178 valence electrons. The highest BCUT2D eigenvalue weighted by atomic mass is 79.9. The Morgan fingerprint density at radius 3 is 2.40 bits per heavy atom. The van der Waals surface area contributed by atoms with Gasteiger partial charge in [-0.25, -0.2) is 9.18 Å². The van der Waals surface area contributed by atoms with Gasteiger partial charge in [-0.1, -0.05) is 64.5 Å². The number of nitrogens with one attached hydrogen (secondary N) is 1. The average Bonchev–Trinajstić information content (AvgIpc) is 2.84. The van der Waals surface area contributed by atoms with Gasteiger partial charge in [0.2, 0.25) is 0 Å². The molecule has 35 heavy (non-hydrogen) atoms. The molecule has 0 aliphatic carbocycles. The van der Waals surface area contributed by atoms with E-state index in [1.165, 1.54) is 18.2 Å². The molecule has 0 heterocycles. The van der Waals surface area contributed by atoms with E-state index in [2.05, 4.69) is 21.2 Å². The highest BCUT2D eigenvalue weighted by Crippen LogP contribution is 2.34. The molecule has 2 N–H and O–H groups in total. The lowest BCUT2D eigenvalue weighted by molar-refractivity contribution is -0.139. The van der Waals surface area contributed by atoms with Gasteiger partial charge in [-0.05, 0) is 59.8 Å². The summed E-state index contributed by atoms with van der Waals surface area (Å²) >= 11 is 3.41. The van der Waals surface area contributed by atoms with Crippen LogP contribution in [0.25, 0.3) is 10.8 Å². The number of carboxylic acid groups (broad SMARTS) is 1. The molecule has 0 aliphatic rings. The van der Waals surface area contributed by atoms with Gasteiger partial charge in [-0.2, -0.15) is 0 Å². The number of hydrogen-bond donors (Lipinski definition) is 2. The summed E-state index contributed by atoms with van der Waals surface area (Å²) in [5.41, 5.74) is 1.84. The van der Waals surface area contributed by atoms with Crippen LogP contribution < -0.4 is 10.1 Å². The maximum Gasteiger partial charge on any atom is 0.326 e. The van der Waals surface area contributed by atoms with Crippen LogP contribution >= 0.6 is 15.9 Å². The molecule has 0 bridgehead atoms. The molecular formula is C28H23BrFNO4. The molecule has 0 aliphatic heterocycles. The second kappa shape index (κ2) is 10.7. The maximum atomic E-state index is 13.9. The van der Waals surface area contributed by atoms with Gasteiger partial charge in [0.25, 0.3) is 5.91 Å². The first-order valence-electron chi connectivity index (χ1n) is 11.0. The minimum Gasteiger partial charge on any atom is -0.485 e. The van der Waals surface area contributed by atoms with E-state index < -0.39 is 29.8 Å². The molecule has 0 saturated carbocycles. The van der Waals surface area contributed by atoms with Crippen molar-refractivity contribution in [3.63, 3.8) is 0 Å². The molecular weight excluding hydrogens is 513 g/mol. The van der Waals surface area contributed by atoms with E-state index in [9.17, 15) is 19.1 Å². The fraction of sp³-hybridized carbons (Fsp3) is 0.143. The average molecular weight is 536 g/mol. The zero-order chi connectivity index (χ0) is 24.9. The van der Waals surface area contributed by atoms with Crippen LogP contribution in [0.1, 0.15) is 34.5 Å². The zero-order valence-corrected chi connectivity index (χ0v) is 20.5. The summed E-state index contributed by atoms with van der Waals surface area (Å²) in [5.74, 6) is -1.87. The molecule has 7 heteroatoms. The standard InChI is InChI=1S/C28H23BrFNO4/c1-17(19-7-10-21(29)11-8-19)35-26-23-14-12-22(30)16-20(23)9-13-24(26)27(32)31-25(28(33)34)15-18-5-3-2-4-6-18/h2-14,16-17,25H,15H2,1H3,(H,31,32)(H,33,34)/t17?,25-/m0/s1. The van der Waals surface area contributed by atoms with E-state index in [0.717, 1.165) is 15.6 Å². The predicted molar refractivity (Wildman–Crippen MR) is 136 cm³/mol. The highest BCUT2D eigenvalue weighted by molar-refractivity contribution is 9.10. The highest BCUT2D eigenvalue weighted by Gasteiger charge is 2.25. The van der Waals surface area contributed by atoms with Gasteiger partial charge in [-0.15, -0.1) is 0 Å². The third kappa shape index (κ3) is 5.87. The first kappa shape index (κ1) is 24.4. The van der Waals surface area contributed by atoms with Crippen molar-refractivity contribution in [2.24, 2.45) is 0 Å². The van der Waals surface area contributed by atoms with Gasteiger partial charge >= 0.3 is 5.97 Å². The Bertz CT molecular complexity index is 1360. The molecule has 1 amide bonds. The Morgan fingerprint density at radius 1 is 1.00 bits per heavy atom. The van der Waals surface area contributed by atoms with Gasteiger partial charge < -0.3 is 15.2 Å². The number of halogens is 2. The fourth-order valence-corrected chi connectivity index (χ4v) is 4.11.